The summed E-state index contributed by atoms with van der Waals surface area (Å²) in [6.07, 6.45) is 3.32. The molecule has 1 aromatic rings. The van der Waals surface area contributed by atoms with E-state index in [-0.39, 0.29) is 22.5 Å². The number of benzene rings is 1. The minimum absolute atomic E-state index is 0.0311. The predicted molar refractivity (Wildman–Crippen MR) is 111 cm³/mol. The molecule has 2 saturated heterocycles. The molecule has 2 heterocycles. The van der Waals surface area contributed by atoms with Crippen LogP contribution in [-0.2, 0) is 14.8 Å². The van der Waals surface area contributed by atoms with Crippen LogP contribution in [0.2, 0.25) is 0 Å². The summed E-state index contributed by atoms with van der Waals surface area (Å²) in [5.41, 5.74) is 0.383. The fourth-order valence-electron chi connectivity index (χ4n) is 4.29. The van der Waals surface area contributed by atoms with Gasteiger partial charge in [-0.3, -0.25) is 14.5 Å². The minimum atomic E-state index is -3.66. The first kappa shape index (κ1) is 21.9. The molecule has 1 amide bonds. The molecular formula is C21H31N3O4S. The lowest BCUT2D eigenvalue weighted by Gasteiger charge is -2.31. The molecule has 0 aromatic heterocycles. The van der Waals surface area contributed by atoms with E-state index in [1.807, 2.05) is 0 Å². The van der Waals surface area contributed by atoms with Crippen LogP contribution in [0.3, 0.4) is 0 Å². The van der Waals surface area contributed by atoms with Crippen LogP contribution in [0.1, 0.15) is 49.9 Å². The van der Waals surface area contributed by atoms with Gasteiger partial charge in [0, 0.05) is 37.2 Å². The molecular weight excluding hydrogens is 390 g/mol. The van der Waals surface area contributed by atoms with E-state index in [0.29, 0.717) is 44.1 Å². The molecule has 7 nitrogen and oxygen atoms in total. The van der Waals surface area contributed by atoms with E-state index in [0.717, 1.165) is 19.5 Å². The van der Waals surface area contributed by atoms with E-state index < -0.39 is 10.0 Å². The Morgan fingerprint density at radius 1 is 1.14 bits per heavy atom. The molecule has 2 fully saturated rings. The zero-order valence-corrected chi connectivity index (χ0v) is 18.1. The standard InChI is InChI=1S/C21H31N3O4S/c1-3-23-11-5-7-19(23)15-22-21(26)17-9-12-24(13-10-17)29(27,28)20-8-4-6-18(14-20)16(2)25/h4,6,8,14,17,19H,3,5,7,9-13,15H2,1-2H3,(H,22,26)/t19-/m0/s1. The van der Waals surface area contributed by atoms with Crippen molar-refractivity contribution in [3.05, 3.63) is 29.8 Å². The number of Topliss-reactive ketones (excluding diaryl/α,β-unsaturated/α-hetero) is 1. The normalized spacial score (nSPS) is 21.9. The Morgan fingerprint density at radius 2 is 1.86 bits per heavy atom. The smallest absolute Gasteiger partial charge is 0.243 e. The highest BCUT2D eigenvalue weighted by Crippen LogP contribution is 2.25. The summed E-state index contributed by atoms with van der Waals surface area (Å²) in [6.45, 7) is 6.96. The number of likely N-dealkylation sites (tertiary alicyclic amines) is 1. The number of sulfonamides is 1. The third-order valence-corrected chi connectivity index (χ3v) is 8.01. The first-order valence-electron chi connectivity index (χ1n) is 10.5. The third-order valence-electron chi connectivity index (χ3n) is 6.12. The van der Waals surface area contributed by atoms with Crippen molar-refractivity contribution >= 4 is 21.7 Å². The number of hydrogen-bond acceptors (Lipinski definition) is 5. The second-order valence-corrected chi connectivity index (χ2v) is 9.87. The SMILES string of the molecule is CCN1CCC[C@H]1CNC(=O)C1CCN(S(=O)(=O)c2cccc(C(C)=O)c2)CC1. The summed E-state index contributed by atoms with van der Waals surface area (Å²) < 4.78 is 27.3. The maximum atomic E-state index is 12.9. The Labute approximate surface area is 173 Å². The molecule has 2 aliphatic rings. The summed E-state index contributed by atoms with van der Waals surface area (Å²) in [5.74, 6) is -0.286. The Morgan fingerprint density at radius 3 is 2.52 bits per heavy atom. The van der Waals surface area contributed by atoms with Crippen molar-refractivity contribution in [3.8, 4) is 0 Å². The second kappa shape index (κ2) is 9.36. The van der Waals surface area contributed by atoms with Gasteiger partial charge in [0.05, 0.1) is 4.90 Å². The van der Waals surface area contributed by atoms with Crippen molar-refractivity contribution in [2.75, 3.05) is 32.7 Å². The molecule has 8 heteroatoms. The van der Waals surface area contributed by atoms with E-state index in [1.54, 1.807) is 12.1 Å². The molecule has 0 aliphatic carbocycles. The Bertz CT molecular complexity index is 847. The molecule has 160 valence electrons. The second-order valence-electron chi connectivity index (χ2n) is 7.93. The van der Waals surface area contributed by atoms with E-state index in [9.17, 15) is 18.0 Å². The van der Waals surface area contributed by atoms with E-state index in [4.69, 9.17) is 0 Å². The topological polar surface area (TPSA) is 86.8 Å². The molecule has 0 radical (unpaired) electrons. The van der Waals surface area contributed by atoms with Crippen molar-refractivity contribution in [2.45, 2.75) is 50.5 Å². The van der Waals surface area contributed by atoms with Crippen LogP contribution in [0.25, 0.3) is 0 Å². The van der Waals surface area contributed by atoms with Gasteiger partial charge in [0.1, 0.15) is 0 Å². The van der Waals surface area contributed by atoms with Gasteiger partial charge < -0.3 is 5.32 Å². The van der Waals surface area contributed by atoms with Gasteiger partial charge in [-0.05, 0) is 57.8 Å². The number of nitrogens with one attached hydrogen (secondary N) is 1. The number of carbonyl (C=O) groups is 2. The number of likely N-dealkylation sites (N-methyl/N-ethyl adjacent to an activating group) is 1. The van der Waals surface area contributed by atoms with Gasteiger partial charge >= 0.3 is 0 Å². The predicted octanol–water partition coefficient (Wildman–Crippen LogP) is 1.89. The van der Waals surface area contributed by atoms with Crippen molar-refractivity contribution in [3.63, 3.8) is 0 Å². The van der Waals surface area contributed by atoms with Gasteiger partial charge in [-0.1, -0.05) is 19.1 Å². The molecule has 0 bridgehead atoms. The number of ketones is 1. The van der Waals surface area contributed by atoms with Gasteiger partial charge in [0.15, 0.2) is 5.78 Å². The van der Waals surface area contributed by atoms with Crippen LogP contribution in [0.5, 0.6) is 0 Å². The number of hydrogen-bond donors (Lipinski definition) is 1. The lowest BCUT2D eigenvalue weighted by Crippen LogP contribution is -2.45. The average Bonchev–Trinajstić information content (AvgIpc) is 3.19. The van der Waals surface area contributed by atoms with Gasteiger partial charge in [-0.25, -0.2) is 8.42 Å². The molecule has 0 spiro atoms. The zero-order chi connectivity index (χ0) is 21.0. The van der Waals surface area contributed by atoms with E-state index >= 15 is 0 Å². The number of piperidine rings is 1. The minimum Gasteiger partial charge on any atom is -0.354 e. The summed E-state index contributed by atoms with van der Waals surface area (Å²) >= 11 is 0. The highest BCUT2D eigenvalue weighted by molar-refractivity contribution is 7.89. The maximum absolute atomic E-state index is 12.9. The van der Waals surface area contributed by atoms with Crippen molar-refractivity contribution in [2.24, 2.45) is 5.92 Å². The van der Waals surface area contributed by atoms with Crippen molar-refractivity contribution < 1.29 is 18.0 Å². The highest BCUT2D eigenvalue weighted by Gasteiger charge is 2.33. The lowest BCUT2D eigenvalue weighted by atomic mass is 9.97. The largest absolute Gasteiger partial charge is 0.354 e. The summed E-state index contributed by atoms with van der Waals surface area (Å²) in [7, 11) is -3.66. The molecule has 29 heavy (non-hydrogen) atoms. The highest BCUT2D eigenvalue weighted by atomic mass is 32.2. The van der Waals surface area contributed by atoms with E-state index in [1.165, 1.54) is 29.8 Å². The summed E-state index contributed by atoms with van der Waals surface area (Å²) in [6, 6.07) is 6.56. The number of nitrogens with zero attached hydrogens (tertiary/aromatic N) is 2. The first-order chi connectivity index (χ1) is 13.8. The van der Waals surface area contributed by atoms with Gasteiger partial charge in [-0.15, -0.1) is 0 Å². The third kappa shape index (κ3) is 5.05. The van der Waals surface area contributed by atoms with Crippen LogP contribution >= 0.6 is 0 Å². The van der Waals surface area contributed by atoms with Crippen molar-refractivity contribution in [1.29, 1.82) is 0 Å². The fourth-order valence-corrected chi connectivity index (χ4v) is 5.80. The molecule has 0 saturated carbocycles. The number of amides is 1. The van der Waals surface area contributed by atoms with Crippen LogP contribution in [0.4, 0.5) is 0 Å². The molecule has 3 rings (SSSR count). The molecule has 1 atom stereocenters. The lowest BCUT2D eigenvalue weighted by molar-refractivity contribution is -0.126. The molecule has 1 aromatic carbocycles. The van der Waals surface area contributed by atoms with Gasteiger partial charge in [-0.2, -0.15) is 4.31 Å². The zero-order valence-electron chi connectivity index (χ0n) is 17.3. The van der Waals surface area contributed by atoms with Crippen LogP contribution in [0.15, 0.2) is 29.2 Å². The average molecular weight is 422 g/mol. The Kier molecular flexibility index (Phi) is 7.08. The van der Waals surface area contributed by atoms with Gasteiger partial charge in [0.2, 0.25) is 15.9 Å². The van der Waals surface area contributed by atoms with E-state index in [2.05, 4.69) is 17.1 Å². The van der Waals surface area contributed by atoms with Gasteiger partial charge in [0.25, 0.3) is 0 Å². The Balaban J connectivity index is 1.55. The Hall–Kier alpha value is -1.77. The number of carbonyl (C=O) groups excluding carboxylic acids is 2. The maximum Gasteiger partial charge on any atom is 0.243 e. The molecule has 1 N–H and O–H groups in total. The van der Waals surface area contributed by atoms with Crippen molar-refractivity contribution in [1.82, 2.24) is 14.5 Å². The summed E-state index contributed by atoms with van der Waals surface area (Å²) in [5, 5.41) is 3.08. The first-order valence-corrected chi connectivity index (χ1v) is 11.9. The molecule has 0 unspecified atom stereocenters. The fraction of sp³-hybridized carbons (Fsp3) is 0.619. The van der Waals surface area contributed by atoms with Crippen LogP contribution in [0, 0.1) is 5.92 Å². The van der Waals surface area contributed by atoms with Crippen LogP contribution in [-0.4, -0.2) is 68.1 Å². The summed E-state index contributed by atoms with van der Waals surface area (Å²) in [4.78, 5) is 26.6. The monoisotopic (exact) mass is 421 g/mol. The van der Waals surface area contributed by atoms with Crippen LogP contribution < -0.4 is 5.32 Å². The quantitative estimate of drug-likeness (QED) is 0.680. The number of rotatable bonds is 7. The molecule has 2 aliphatic heterocycles.